The van der Waals surface area contributed by atoms with E-state index in [1.807, 2.05) is 0 Å². The zero-order valence-corrected chi connectivity index (χ0v) is 11.8. The van der Waals surface area contributed by atoms with Gasteiger partial charge in [0.2, 0.25) is 0 Å². The normalized spacial score (nSPS) is 16.9. The molecule has 0 aromatic carbocycles. The van der Waals surface area contributed by atoms with Crippen molar-refractivity contribution in [3.8, 4) is 0 Å². The average Bonchev–Trinajstić information content (AvgIpc) is 2.37. The standard InChI is InChI=1S/C12H17BrN4O/c1-2-5-17-12(18)11(13)10(8-15-17)16-6-3-9(14)4-7-16/h2,8-9H,1,3-7,14H2. The summed E-state index contributed by atoms with van der Waals surface area (Å²) in [6.45, 7) is 5.76. The minimum Gasteiger partial charge on any atom is -0.369 e. The number of nitrogens with zero attached hydrogens (tertiary/aromatic N) is 3. The van der Waals surface area contributed by atoms with Crippen molar-refractivity contribution in [3.05, 3.63) is 33.7 Å². The van der Waals surface area contributed by atoms with Crippen LogP contribution in [0.25, 0.3) is 0 Å². The van der Waals surface area contributed by atoms with Gasteiger partial charge in [-0.15, -0.1) is 6.58 Å². The van der Waals surface area contributed by atoms with Gasteiger partial charge in [-0.05, 0) is 28.8 Å². The van der Waals surface area contributed by atoms with Crippen molar-refractivity contribution in [1.82, 2.24) is 9.78 Å². The predicted octanol–water partition coefficient (Wildman–Crippen LogP) is 1.12. The van der Waals surface area contributed by atoms with Crippen molar-refractivity contribution in [1.29, 1.82) is 0 Å². The summed E-state index contributed by atoms with van der Waals surface area (Å²) >= 11 is 3.37. The number of piperidine rings is 1. The topological polar surface area (TPSA) is 64.2 Å². The van der Waals surface area contributed by atoms with Crippen molar-refractivity contribution in [2.24, 2.45) is 5.73 Å². The minimum absolute atomic E-state index is 0.123. The number of aromatic nitrogens is 2. The highest BCUT2D eigenvalue weighted by Crippen LogP contribution is 2.24. The Balaban J connectivity index is 2.27. The number of rotatable bonds is 3. The van der Waals surface area contributed by atoms with E-state index in [1.54, 1.807) is 12.3 Å². The fourth-order valence-electron chi connectivity index (χ4n) is 2.07. The third kappa shape index (κ3) is 2.64. The molecule has 6 heteroatoms. The van der Waals surface area contributed by atoms with Crippen LogP contribution in [0.5, 0.6) is 0 Å². The van der Waals surface area contributed by atoms with E-state index in [0.29, 0.717) is 11.0 Å². The molecule has 1 aliphatic heterocycles. The van der Waals surface area contributed by atoms with Gasteiger partial charge in [-0.25, -0.2) is 4.68 Å². The molecule has 18 heavy (non-hydrogen) atoms. The first-order valence-corrected chi connectivity index (χ1v) is 6.80. The van der Waals surface area contributed by atoms with Gasteiger partial charge < -0.3 is 10.6 Å². The molecule has 5 nitrogen and oxygen atoms in total. The van der Waals surface area contributed by atoms with Crippen LogP contribution >= 0.6 is 15.9 Å². The van der Waals surface area contributed by atoms with E-state index in [4.69, 9.17) is 5.73 Å². The minimum atomic E-state index is -0.123. The van der Waals surface area contributed by atoms with E-state index in [-0.39, 0.29) is 11.6 Å². The number of halogens is 1. The van der Waals surface area contributed by atoms with Gasteiger partial charge in [-0.1, -0.05) is 6.08 Å². The SMILES string of the molecule is C=CCn1ncc(N2CCC(N)CC2)c(Br)c1=O. The van der Waals surface area contributed by atoms with Crippen LogP contribution in [-0.2, 0) is 6.54 Å². The van der Waals surface area contributed by atoms with Crippen molar-refractivity contribution < 1.29 is 0 Å². The first kappa shape index (κ1) is 13.3. The largest absolute Gasteiger partial charge is 0.369 e. The lowest BCUT2D eigenvalue weighted by Crippen LogP contribution is -2.40. The fraction of sp³-hybridized carbons (Fsp3) is 0.500. The molecular formula is C12H17BrN4O. The monoisotopic (exact) mass is 312 g/mol. The van der Waals surface area contributed by atoms with Gasteiger partial charge in [0.25, 0.3) is 5.56 Å². The summed E-state index contributed by atoms with van der Waals surface area (Å²) in [5, 5.41) is 4.15. The number of anilines is 1. The molecule has 2 rings (SSSR count). The Morgan fingerprint density at radius 1 is 1.56 bits per heavy atom. The molecule has 0 aliphatic carbocycles. The lowest BCUT2D eigenvalue weighted by Gasteiger charge is -2.32. The predicted molar refractivity (Wildman–Crippen MR) is 75.8 cm³/mol. The van der Waals surface area contributed by atoms with Gasteiger partial charge in [0, 0.05) is 19.1 Å². The van der Waals surface area contributed by atoms with E-state index < -0.39 is 0 Å². The van der Waals surface area contributed by atoms with Gasteiger partial charge in [0.1, 0.15) is 4.47 Å². The smallest absolute Gasteiger partial charge is 0.283 e. The van der Waals surface area contributed by atoms with Crippen molar-refractivity contribution in [2.45, 2.75) is 25.4 Å². The second-order valence-corrected chi connectivity index (χ2v) is 5.24. The van der Waals surface area contributed by atoms with Gasteiger partial charge in [0.15, 0.2) is 0 Å². The van der Waals surface area contributed by atoms with Crippen LogP contribution < -0.4 is 16.2 Å². The van der Waals surface area contributed by atoms with Crippen molar-refractivity contribution in [3.63, 3.8) is 0 Å². The Kier molecular flexibility index (Phi) is 4.19. The molecule has 0 bridgehead atoms. The van der Waals surface area contributed by atoms with E-state index >= 15 is 0 Å². The van der Waals surface area contributed by atoms with Crippen molar-refractivity contribution >= 4 is 21.6 Å². The maximum absolute atomic E-state index is 12.0. The highest BCUT2D eigenvalue weighted by molar-refractivity contribution is 9.10. The number of hydrogen-bond donors (Lipinski definition) is 1. The Morgan fingerprint density at radius 3 is 2.83 bits per heavy atom. The maximum atomic E-state index is 12.0. The highest BCUT2D eigenvalue weighted by Gasteiger charge is 2.20. The summed E-state index contributed by atoms with van der Waals surface area (Å²) < 4.78 is 1.95. The van der Waals surface area contributed by atoms with Crippen LogP contribution in [0, 0.1) is 0 Å². The summed E-state index contributed by atoms with van der Waals surface area (Å²) in [5.74, 6) is 0. The molecule has 0 radical (unpaired) electrons. The number of nitrogens with two attached hydrogens (primary N) is 1. The molecule has 0 spiro atoms. The lowest BCUT2D eigenvalue weighted by atomic mass is 10.1. The van der Waals surface area contributed by atoms with Gasteiger partial charge >= 0.3 is 0 Å². The van der Waals surface area contributed by atoms with E-state index in [9.17, 15) is 4.79 Å². The summed E-state index contributed by atoms with van der Waals surface area (Å²) in [5.41, 5.74) is 6.61. The number of hydrogen-bond acceptors (Lipinski definition) is 4. The molecule has 2 N–H and O–H groups in total. The molecule has 1 fully saturated rings. The fourth-order valence-corrected chi connectivity index (χ4v) is 2.63. The average molecular weight is 313 g/mol. The first-order valence-electron chi connectivity index (χ1n) is 6.00. The Bertz CT molecular complexity index is 491. The number of allylic oxidation sites excluding steroid dienone is 1. The van der Waals surface area contributed by atoms with E-state index in [2.05, 4.69) is 32.5 Å². The second kappa shape index (κ2) is 5.67. The molecule has 98 valence electrons. The van der Waals surface area contributed by atoms with Gasteiger partial charge in [0.05, 0.1) is 18.4 Å². The molecule has 0 saturated carbocycles. The third-order valence-electron chi connectivity index (χ3n) is 3.15. The molecule has 0 atom stereocenters. The summed E-state index contributed by atoms with van der Waals surface area (Å²) in [7, 11) is 0. The first-order chi connectivity index (χ1) is 8.63. The zero-order valence-electron chi connectivity index (χ0n) is 10.2. The van der Waals surface area contributed by atoms with Crippen LogP contribution in [0.2, 0.25) is 0 Å². The summed E-state index contributed by atoms with van der Waals surface area (Å²) in [6, 6.07) is 0.272. The van der Waals surface area contributed by atoms with E-state index in [0.717, 1.165) is 31.6 Å². The third-order valence-corrected chi connectivity index (χ3v) is 3.89. The van der Waals surface area contributed by atoms with E-state index in [1.165, 1.54) is 4.68 Å². The molecule has 1 saturated heterocycles. The molecule has 1 aromatic heterocycles. The summed E-state index contributed by atoms with van der Waals surface area (Å²) in [6.07, 6.45) is 5.27. The zero-order chi connectivity index (χ0) is 13.1. The van der Waals surface area contributed by atoms with Crippen molar-refractivity contribution in [2.75, 3.05) is 18.0 Å². The van der Waals surface area contributed by atoms with Gasteiger partial charge in [-0.3, -0.25) is 4.79 Å². The Hall–Kier alpha value is -1.14. The molecule has 2 heterocycles. The van der Waals surface area contributed by atoms with Crippen LogP contribution in [-0.4, -0.2) is 28.9 Å². The van der Waals surface area contributed by atoms with Crippen LogP contribution in [0.4, 0.5) is 5.69 Å². The second-order valence-electron chi connectivity index (χ2n) is 4.44. The molecular weight excluding hydrogens is 296 g/mol. The maximum Gasteiger partial charge on any atom is 0.283 e. The summed E-state index contributed by atoms with van der Waals surface area (Å²) in [4.78, 5) is 14.2. The lowest BCUT2D eigenvalue weighted by molar-refractivity contribution is 0.499. The molecule has 0 unspecified atom stereocenters. The van der Waals surface area contributed by atoms with Crippen LogP contribution in [0.15, 0.2) is 28.1 Å². The highest BCUT2D eigenvalue weighted by atomic mass is 79.9. The van der Waals surface area contributed by atoms with Gasteiger partial charge in [-0.2, -0.15) is 5.10 Å². The molecule has 0 amide bonds. The quantitative estimate of drug-likeness (QED) is 0.850. The van der Waals surface area contributed by atoms with Crippen LogP contribution in [0.1, 0.15) is 12.8 Å². The Labute approximate surface area is 114 Å². The van der Waals surface area contributed by atoms with Crippen LogP contribution in [0.3, 0.4) is 0 Å². The molecule has 1 aliphatic rings. The molecule has 1 aromatic rings. The Morgan fingerprint density at radius 2 is 2.22 bits per heavy atom.